The Kier molecular flexibility index (Phi) is 5.47. The molecule has 1 atom stereocenters. The lowest BCUT2D eigenvalue weighted by molar-refractivity contribution is -0.135. The zero-order valence-corrected chi connectivity index (χ0v) is 10.7. The summed E-state index contributed by atoms with van der Waals surface area (Å²) in [6, 6.07) is 4.10. The minimum Gasteiger partial charge on any atom is -0.507 e. The van der Waals surface area contributed by atoms with E-state index in [0.717, 1.165) is 0 Å². The van der Waals surface area contributed by atoms with E-state index in [1.54, 1.807) is 6.92 Å². The third-order valence-corrected chi connectivity index (χ3v) is 2.83. The monoisotopic (exact) mass is 277 g/mol. The van der Waals surface area contributed by atoms with Crippen molar-refractivity contribution in [3.63, 3.8) is 0 Å². The van der Waals surface area contributed by atoms with Gasteiger partial charge in [-0.1, -0.05) is 6.07 Å². The average molecular weight is 277 g/mol. The highest BCUT2D eigenvalue weighted by Gasteiger charge is 2.25. The molecular formula is C13H18F3NO2. The molecule has 1 aromatic rings. The fraction of sp³-hybridized carbons (Fsp3) is 0.538. The molecule has 0 aliphatic heterocycles. The van der Waals surface area contributed by atoms with Crippen LogP contribution < -0.4 is 5.32 Å². The van der Waals surface area contributed by atoms with Crippen LogP contribution in [0.1, 0.15) is 37.8 Å². The van der Waals surface area contributed by atoms with Gasteiger partial charge in [0, 0.05) is 12.5 Å². The maximum Gasteiger partial charge on any atom is 0.389 e. The number of unbranched alkanes of at least 4 members (excludes halogenated alkanes) is 1. The van der Waals surface area contributed by atoms with Crippen LogP contribution in [-0.4, -0.2) is 22.9 Å². The van der Waals surface area contributed by atoms with Gasteiger partial charge in [-0.05, 0) is 38.4 Å². The Morgan fingerprint density at radius 1 is 1.16 bits per heavy atom. The molecule has 19 heavy (non-hydrogen) atoms. The van der Waals surface area contributed by atoms with Crippen LogP contribution in [0.3, 0.4) is 0 Å². The predicted molar refractivity (Wildman–Crippen MR) is 66.1 cm³/mol. The number of phenols is 2. The number of hydrogen-bond donors (Lipinski definition) is 3. The van der Waals surface area contributed by atoms with Crippen molar-refractivity contribution in [3.05, 3.63) is 23.8 Å². The van der Waals surface area contributed by atoms with E-state index in [2.05, 4.69) is 5.32 Å². The van der Waals surface area contributed by atoms with Crippen molar-refractivity contribution in [1.29, 1.82) is 0 Å². The summed E-state index contributed by atoms with van der Waals surface area (Å²) in [5, 5.41) is 22.2. The summed E-state index contributed by atoms with van der Waals surface area (Å²) in [6.45, 7) is 2.13. The molecule has 3 N–H and O–H groups in total. The second-order valence-corrected chi connectivity index (χ2v) is 4.46. The maximum absolute atomic E-state index is 11.9. The van der Waals surface area contributed by atoms with E-state index in [-0.39, 0.29) is 24.0 Å². The smallest absolute Gasteiger partial charge is 0.389 e. The van der Waals surface area contributed by atoms with Gasteiger partial charge in [-0.15, -0.1) is 0 Å². The quantitative estimate of drug-likeness (QED) is 0.698. The minimum atomic E-state index is -4.11. The fourth-order valence-electron chi connectivity index (χ4n) is 1.86. The zero-order valence-electron chi connectivity index (χ0n) is 10.7. The van der Waals surface area contributed by atoms with Crippen LogP contribution in [-0.2, 0) is 0 Å². The predicted octanol–water partition coefficient (Wildman–Crippen LogP) is 3.48. The van der Waals surface area contributed by atoms with E-state index < -0.39 is 12.6 Å². The molecule has 0 amide bonds. The van der Waals surface area contributed by atoms with Crippen LogP contribution in [0, 0.1) is 0 Å². The van der Waals surface area contributed by atoms with Crippen molar-refractivity contribution in [2.24, 2.45) is 0 Å². The summed E-state index contributed by atoms with van der Waals surface area (Å²) in [7, 11) is 0. The molecule has 0 heterocycles. The SMILES string of the molecule is CC(NCCCCC(F)(F)F)c1c(O)cccc1O. The number of alkyl halides is 3. The van der Waals surface area contributed by atoms with Crippen molar-refractivity contribution in [2.75, 3.05) is 6.54 Å². The van der Waals surface area contributed by atoms with Crippen molar-refractivity contribution in [3.8, 4) is 11.5 Å². The summed E-state index contributed by atoms with van der Waals surface area (Å²) in [5.41, 5.74) is 0.360. The third kappa shape index (κ3) is 5.38. The molecule has 0 saturated carbocycles. The summed E-state index contributed by atoms with van der Waals surface area (Å²) in [5.74, 6) is -0.0643. The van der Waals surface area contributed by atoms with Gasteiger partial charge in [-0.2, -0.15) is 13.2 Å². The number of aromatic hydroxyl groups is 2. The standard InChI is InChI=1S/C13H18F3NO2/c1-9(12-10(18)5-4-6-11(12)19)17-8-3-2-7-13(14,15)16/h4-6,9,17-19H,2-3,7-8H2,1H3. The van der Waals surface area contributed by atoms with E-state index >= 15 is 0 Å². The van der Waals surface area contributed by atoms with Crippen LogP contribution in [0.4, 0.5) is 13.2 Å². The Bertz CT molecular complexity index is 387. The van der Waals surface area contributed by atoms with Crippen molar-refractivity contribution >= 4 is 0 Å². The lowest BCUT2D eigenvalue weighted by Gasteiger charge is -2.17. The van der Waals surface area contributed by atoms with Crippen LogP contribution in [0.5, 0.6) is 11.5 Å². The Balaban J connectivity index is 2.38. The molecule has 3 nitrogen and oxygen atoms in total. The number of benzene rings is 1. The fourth-order valence-corrected chi connectivity index (χ4v) is 1.86. The molecule has 0 aliphatic rings. The molecule has 0 radical (unpaired) electrons. The van der Waals surface area contributed by atoms with Crippen LogP contribution in [0.25, 0.3) is 0 Å². The van der Waals surface area contributed by atoms with E-state index in [1.165, 1.54) is 18.2 Å². The molecule has 0 spiro atoms. The highest BCUT2D eigenvalue weighted by molar-refractivity contribution is 5.44. The summed E-state index contributed by atoms with van der Waals surface area (Å²) in [6.07, 6.45) is -4.44. The van der Waals surface area contributed by atoms with E-state index in [4.69, 9.17) is 0 Å². The van der Waals surface area contributed by atoms with Gasteiger partial charge >= 0.3 is 6.18 Å². The van der Waals surface area contributed by atoms with E-state index in [1.807, 2.05) is 0 Å². The minimum absolute atomic E-state index is 0.0321. The van der Waals surface area contributed by atoms with E-state index in [9.17, 15) is 23.4 Å². The molecule has 1 aromatic carbocycles. The maximum atomic E-state index is 11.9. The Morgan fingerprint density at radius 2 is 1.74 bits per heavy atom. The topological polar surface area (TPSA) is 52.5 Å². The number of nitrogens with one attached hydrogen (secondary N) is 1. The zero-order chi connectivity index (χ0) is 14.5. The first-order chi connectivity index (χ1) is 8.81. The highest BCUT2D eigenvalue weighted by atomic mass is 19.4. The molecule has 0 aromatic heterocycles. The summed E-state index contributed by atoms with van der Waals surface area (Å²) >= 11 is 0. The van der Waals surface area contributed by atoms with Gasteiger partial charge < -0.3 is 15.5 Å². The molecule has 1 unspecified atom stereocenters. The molecule has 0 fully saturated rings. The van der Waals surface area contributed by atoms with Crippen LogP contribution in [0.2, 0.25) is 0 Å². The van der Waals surface area contributed by atoms with Gasteiger partial charge in [0.1, 0.15) is 11.5 Å². The summed E-state index contributed by atoms with van der Waals surface area (Å²) in [4.78, 5) is 0. The molecule has 6 heteroatoms. The number of rotatable bonds is 6. The van der Waals surface area contributed by atoms with Gasteiger partial charge in [-0.25, -0.2) is 0 Å². The van der Waals surface area contributed by atoms with Crippen LogP contribution in [0.15, 0.2) is 18.2 Å². The van der Waals surface area contributed by atoms with E-state index in [0.29, 0.717) is 18.5 Å². The third-order valence-electron chi connectivity index (χ3n) is 2.83. The molecular weight excluding hydrogens is 259 g/mol. The lowest BCUT2D eigenvalue weighted by Crippen LogP contribution is -2.20. The highest BCUT2D eigenvalue weighted by Crippen LogP contribution is 2.32. The Morgan fingerprint density at radius 3 is 2.26 bits per heavy atom. The number of hydrogen-bond acceptors (Lipinski definition) is 3. The van der Waals surface area contributed by atoms with Crippen molar-refractivity contribution in [1.82, 2.24) is 5.32 Å². The molecule has 0 bridgehead atoms. The number of halogens is 3. The molecule has 1 rings (SSSR count). The first kappa shape index (κ1) is 15.6. The molecule has 108 valence electrons. The van der Waals surface area contributed by atoms with Gasteiger partial charge in [0.2, 0.25) is 0 Å². The van der Waals surface area contributed by atoms with Gasteiger partial charge in [0.05, 0.1) is 5.56 Å². The lowest BCUT2D eigenvalue weighted by atomic mass is 10.1. The first-order valence-corrected chi connectivity index (χ1v) is 6.12. The van der Waals surface area contributed by atoms with Gasteiger partial charge in [0.15, 0.2) is 0 Å². The Hall–Kier alpha value is -1.43. The number of phenolic OH excluding ortho intramolecular Hbond substituents is 2. The van der Waals surface area contributed by atoms with Gasteiger partial charge in [0.25, 0.3) is 0 Å². The average Bonchev–Trinajstić information content (AvgIpc) is 2.26. The van der Waals surface area contributed by atoms with Crippen molar-refractivity contribution in [2.45, 2.75) is 38.4 Å². The second-order valence-electron chi connectivity index (χ2n) is 4.46. The second kappa shape index (κ2) is 6.65. The Labute approximate surface area is 110 Å². The molecule has 0 saturated heterocycles. The van der Waals surface area contributed by atoms with Crippen molar-refractivity contribution < 1.29 is 23.4 Å². The van der Waals surface area contributed by atoms with Crippen LogP contribution >= 0.6 is 0 Å². The van der Waals surface area contributed by atoms with Gasteiger partial charge in [-0.3, -0.25) is 0 Å². The first-order valence-electron chi connectivity index (χ1n) is 6.12. The normalized spacial score (nSPS) is 13.5. The largest absolute Gasteiger partial charge is 0.507 e. The molecule has 0 aliphatic carbocycles. The summed E-state index contributed by atoms with van der Waals surface area (Å²) < 4.78 is 35.8.